The van der Waals surface area contributed by atoms with Gasteiger partial charge in [0.05, 0.1) is 8.66 Å². The molecule has 0 spiro atoms. The molecule has 2 rings (SSSR count). The predicted molar refractivity (Wildman–Crippen MR) is 70.9 cm³/mol. The number of nitrogens with zero attached hydrogens (tertiary/aromatic N) is 1. The molecule has 2 nitrogen and oxygen atoms in total. The number of hydrogen-bond acceptors (Lipinski definition) is 2. The third-order valence-corrected chi connectivity index (χ3v) is 4.77. The van der Waals surface area contributed by atoms with Gasteiger partial charge < -0.3 is 4.90 Å². The third-order valence-electron chi connectivity index (χ3n) is 3.16. The number of amides is 1. The first-order chi connectivity index (χ1) is 7.70. The molecule has 0 unspecified atom stereocenters. The van der Waals surface area contributed by atoms with Crippen LogP contribution >= 0.6 is 27.3 Å². The minimum absolute atomic E-state index is 0.185. The number of carbonyl (C=O) groups is 1. The van der Waals surface area contributed by atoms with Crippen LogP contribution < -0.4 is 0 Å². The van der Waals surface area contributed by atoms with Crippen molar-refractivity contribution >= 4 is 33.2 Å². The second kappa shape index (κ2) is 5.32. The van der Waals surface area contributed by atoms with Crippen LogP contribution in [0.1, 0.15) is 35.9 Å². The lowest BCUT2D eigenvalue weighted by Crippen LogP contribution is -2.36. The minimum atomic E-state index is 0.185. The van der Waals surface area contributed by atoms with Crippen LogP contribution in [0.5, 0.6) is 0 Å². The van der Waals surface area contributed by atoms with E-state index in [2.05, 4.69) is 22.9 Å². The highest BCUT2D eigenvalue weighted by Crippen LogP contribution is 2.28. The van der Waals surface area contributed by atoms with Gasteiger partial charge in [0.25, 0.3) is 5.91 Å². The molecule has 1 aromatic rings. The second-order valence-electron chi connectivity index (χ2n) is 4.24. The Balaban J connectivity index is 1.99. The van der Waals surface area contributed by atoms with E-state index >= 15 is 0 Å². The van der Waals surface area contributed by atoms with Gasteiger partial charge in [-0.2, -0.15) is 0 Å². The predicted octanol–water partition coefficient (Wildman–Crippen LogP) is 3.77. The summed E-state index contributed by atoms with van der Waals surface area (Å²) in [5.41, 5.74) is 0. The standard InChI is InChI=1S/C12H16BrNOS/c1-2-14(8-9-4-3-5-9)12(15)10-6-7-11(13)16-10/h6-7,9H,2-5,8H2,1H3. The van der Waals surface area contributed by atoms with E-state index in [9.17, 15) is 4.79 Å². The van der Waals surface area contributed by atoms with Gasteiger partial charge in [0.15, 0.2) is 0 Å². The number of rotatable bonds is 4. The average molecular weight is 302 g/mol. The molecular formula is C12H16BrNOS. The van der Waals surface area contributed by atoms with Crippen molar-refractivity contribution < 1.29 is 4.79 Å². The van der Waals surface area contributed by atoms with Crippen LogP contribution in [0.4, 0.5) is 0 Å². The first-order valence-electron chi connectivity index (χ1n) is 5.75. The first kappa shape index (κ1) is 12.1. The number of thiophene rings is 1. The first-order valence-corrected chi connectivity index (χ1v) is 7.36. The van der Waals surface area contributed by atoms with Gasteiger partial charge >= 0.3 is 0 Å². The van der Waals surface area contributed by atoms with Gasteiger partial charge in [-0.3, -0.25) is 4.79 Å². The van der Waals surface area contributed by atoms with Crippen LogP contribution in [0.25, 0.3) is 0 Å². The fraction of sp³-hybridized carbons (Fsp3) is 0.583. The molecule has 16 heavy (non-hydrogen) atoms. The minimum Gasteiger partial charge on any atom is -0.338 e. The summed E-state index contributed by atoms with van der Waals surface area (Å²) in [5, 5.41) is 0. The molecule has 4 heteroatoms. The molecule has 0 aliphatic heterocycles. The van der Waals surface area contributed by atoms with Crippen molar-refractivity contribution in [2.45, 2.75) is 26.2 Å². The fourth-order valence-electron chi connectivity index (χ4n) is 1.93. The highest BCUT2D eigenvalue weighted by molar-refractivity contribution is 9.11. The zero-order chi connectivity index (χ0) is 11.5. The fourth-order valence-corrected chi connectivity index (χ4v) is 3.28. The molecule has 1 amide bonds. The van der Waals surface area contributed by atoms with Gasteiger partial charge in [-0.1, -0.05) is 6.42 Å². The number of halogens is 1. The molecule has 1 saturated carbocycles. The normalized spacial score (nSPS) is 15.9. The molecule has 1 fully saturated rings. The summed E-state index contributed by atoms with van der Waals surface area (Å²) in [6.45, 7) is 3.80. The number of carbonyl (C=O) groups excluding carboxylic acids is 1. The van der Waals surface area contributed by atoms with Crippen molar-refractivity contribution in [3.63, 3.8) is 0 Å². The Hall–Kier alpha value is -0.350. The lowest BCUT2D eigenvalue weighted by atomic mass is 9.85. The van der Waals surface area contributed by atoms with Crippen LogP contribution in [0.15, 0.2) is 15.9 Å². The van der Waals surface area contributed by atoms with Gasteiger partial charge in [-0.25, -0.2) is 0 Å². The third kappa shape index (κ3) is 2.66. The molecule has 0 atom stereocenters. The summed E-state index contributed by atoms with van der Waals surface area (Å²) in [7, 11) is 0. The summed E-state index contributed by atoms with van der Waals surface area (Å²) in [6, 6.07) is 3.84. The zero-order valence-corrected chi connectivity index (χ0v) is 11.8. The van der Waals surface area contributed by atoms with E-state index in [0.717, 1.165) is 27.7 Å². The molecule has 0 aromatic carbocycles. The van der Waals surface area contributed by atoms with E-state index in [1.807, 2.05) is 17.0 Å². The molecule has 0 bridgehead atoms. The van der Waals surface area contributed by atoms with Crippen LogP contribution in [-0.2, 0) is 0 Å². The van der Waals surface area contributed by atoms with Gasteiger partial charge in [0, 0.05) is 13.1 Å². The second-order valence-corrected chi connectivity index (χ2v) is 6.71. The Morgan fingerprint density at radius 2 is 2.31 bits per heavy atom. The monoisotopic (exact) mass is 301 g/mol. The van der Waals surface area contributed by atoms with Gasteiger partial charge in [0.1, 0.15) is 0 Å². The Kier molecular flexibility index (Phi) is 4.03. The SMILES string of the molecule is CCN(CC1CCC1)C(=O)c1ccc(Br)s1. The zero-order valence-electron chi connectivity index (χ0n) is 9.41. The molecule has 0 saturated heterocycles. The van der Waals surface area contributed by atoms with Crippen molar-refractivity contribution in [2.24, 2.45) is 5.92 Å². The molecule has 1 aliphatic carbocycles. The highest BCUT2D eigenvalue weighted by Gasteiger charge is 2.23. The Labute approximate surface area is 109 Å². The molecular weight excluding hydrogens is 286 g/mol. The largest absolute Gasteiger partial charge is 0.338 e. The maximum atomic E-state index is 12.2. The summed E-state index contributed by atoms with van der Waals surface area (Å²) < 4.78 is 1.02. The summed E-state index contributed by atoms with van der Waals surface area (Å²) in [4.78, 5) is 15.0. The molecule has 0 radical (unpaired) electrons. The van der Waals surface area contributed by atoms with Crippen LogP contribution in [0, 0.1) is 5.92 Å². The topological polar surface area (TPSA) is 20.3 Å². The molecule has 1 aliphatic rings. The molecule has 1 heterocycles. The molecule has 88 valence electrons. The Morgan fingerprint density at radius 3 is 2.75 bits per heavy atom. The van der Waals surface area contributed by atoms with Crippen molar-refractivity contribution in [3.05, 3.63) is 20.8 Å². The maximum Gasteiger partial charge on any atom is 0.263 e. The lowest BCUT2D eigenvalue weighted by molar-refractivity contribution is 0.0711. The van der Waals surface area contributed by atoms with E-state index in [4.69, 9.17) is 0 Å². The van der Waals surface area contributed by atoms with E-state index in [-0.39, 0.29) is 5.91 Å². The summed E-state index contributed by atoms with van der Waals surface area (Å²) in [6.07, 6.45) is 3.91. The van der Waals surface area contributed by atoms with Gasteiger partial charge in [-0.05, 0) is 53.7 Å². The van der Waals surface area contributed by atoms with E-state index < -0.39 is 0 Å². The Bertz CT molecular complexity index is 373. The van der Waals surface area contributed by atoms with E-state index in [1.165, 1.54) is 30.6 Å². The maximum absolute atomic E-state index is 12.2. The van der Waals surface area contributed by atoms with Gasteiger partial charge in [0.2, 0.25) is 0 Å². The van der Waals surface area contributed by atoms with Crippen LogP contribution in [0.2, 0.25) is 0 Å². The van der Waals surface area contributed by atoms with Crippen molar-refractivity contribution in [2.75, 3.05) is 13.1 Å². The van der Waals surface area contributed by atoms with E-state index in [1.54, 1.807) is 0 Å². The summed E-state index contributed by atoms with van der Waals surface area (Å²) >= 11 is 4.91. The van der Waals surface area contributed by atoms with Crippen molar-refractivity contribution in [3.8, 4) is 0 Å². The van der Waals surface area contributed by atoms with Crippen molar-refractivity contribution in [1.29, 1.82) is 0 Å². The molecule has 0 N–H and O–H groups in total. The quantitative estimate of drug-likeness (QED) is 0.829. The summed E-state index contributed by atoms with van der Waals surface area (Å²) in [5.74, 6) is 0.928. The van der Waals surface area contributed by atoms with E-state index in [0.29, 0.717) is 0 Å². The van der Waals surface area contributed by atoms with Gasteiger partial charge in [-0.15, -0.1) is 11.3 Å². The molecule has 1 aromatic heterocycles. The van der Waals surface area contributed by atoms with Crippen LogP contribution in [0.3, 0.4) is 0 Å². The van der Waals surface area contributed by atoms with Crippen molar-refractivity contribution in [1.82, 2.24) is 4.90 Å². The van der Waals surface area contributed by atoms with Crippen LogP contribution in [-0.4, -0.2) is 23.9 Å². The average Bonchev–Trinajstić information content (AvgIpc) is 2.63. The highest BCUT2D eigenvalue weighted by atomic mass is 79.9. The Morgan fingerprint density at radius 1 is 1.56 bits per heavy atom. The number of hydrogen-bond donors (Lipinski definition) is 0. The lowest BCUT2D eigenvalue weighted by Gasteiger charge is -2.31. The smallest absolute Gasteiger partial charge is 0.263 e.